The molecule has 2 rings (SSSR count). The van der Waals surface area contributed by atoms with Crippen molar-refractivity contribution in [2.45, 2.75) is 4.90 Å². The van der Waals surface area contributed by atoms with Crippen molar-refractivity contribution in [3.63, 3.8) is 0 Å². The lowest BCUT2D eigenvalue weighted by Gasteiger charge is -2.05. The molecule has 5 heteroatoms. The molecule has 0 fully saturated rings. The zero-order valence-electron chi connectivity index (χ0n) is 8.54. The number of hydrogen-bond donors (Lipinski definition) is 0. The first-order valence-electron chi connectivity index (χ1n) is 4.59. The highest BCUT2D eigenvalue weighted by Crippen LogP contribution is 2.31. The fraction of sp³-hybridized carbons (Fsp3) is 0.0909. The second-order valence-electron chi connectivity index (χ2n) is 3.49. The molecule has 0 radical (unpaired) electrons. The minimum atomic E-state index is -3.36. The van der Waals surface area contributed by atoms with E-state index in [0.29, 0.717) is 10.8 Å². The van der Waals surface area contributed by atoms with Gasteiger partial charge in [-0.25, -0.2) is 8.42 Å². The van der Waals surface area contributed by atoms with Crippen LogP contribution in [0.5, 0.6) is 0 Å². The molecule has 2 aromatic carbocycles. The largest absolute Gasteiger partial charge is 0.224 e. The van der Waals surface area contributed by atoms with Crippen molar-refractivity contribution in [1.82, 2.24) is 0 Å². The maximum absolute atomic E-state index is 11.6. The number of benzene rings is 2. The van der Waals surface area contributed by atoms with Crippen LogP contribution in [0.4, 0.5) is 5.69 Å². The highest BCUT2D eigenvalue weighted by Gasteiger charge is 2.14. The van der Waals surface area contributed by atoms with Crippen LogP contribution < -0.4 is 0 Å². The molecule has 0 N–H and O–H groups in total. The van der Waals surface area contributed by atoms with Gasteiger partial charge in [-0.15, -0.1) is 4.91 Å². The summed E-state index contributed by atoms with van der Waals surface area (Å²) < 4.78 is 23.1. The third kappa shape index (κ3) is 1.69. The SMILES string of the molecule is CS(=O)(=O)c1cccc2cccc(N=O)c12. The number of nitrogens with zero attached hydrogens (tertiary/aromatic N) is 1. The van der Waals surface area contributed by atoms with Crippen molar-refractivity contribution in [1.29, 1.82) is 0 Å². The first-order valence-corrected chi connectivity index (χ1v) is 6.48. The third-order valence-electron chi connectivity index (χ3n) is 2.34. The van der Waals surface area contributed by atoms with E-state index in [0.717, 1.165) is 6.26 Å². The quantitative estimate of drug-likeness (QED) is 0.751. The highest BCUT2D eigenvalue weighted by atomic mass is 32.2. The van der Waals surface area contributed by atoms with Crippen molar-refractivity contribution in [3.05, 3.63) is 41.3 Å². The molecular weight excluding hydrogens is 226 g/mol. The van der Waals surface area contributed by atoms with E-state index in [1.165, 1.54) is 12.1 Å². The molecular formula is C11H9NO3S. The van der Waals surface area contributed by atoms with Crippen LogP contribution in [0.2, 0.25) is 0 Å². The summed E-state index contributed by atoms with van der Waals surface area (Å²) in [6, 6.07) is 9.80. The zero-order chi connectivity index (χ0) is 11.8. The van der Waals surface area contributed by atoms with Crippen LogP contribution in [-0.2, 0) is 9.84 Å². The number of hydrogen-bond acceptors (Lipinski definition) is 4. The molecule has 0 aliphatic rings. The van der Waals surface area contributed by atoms with Gasteiger partial charge in [0.25, 0.3) is 0 Å². The summed E-state index contributed by atoms with van der Waals surface area (Å²) in [5, 5.41) is 3.94. The Morgan fingerprint density at radius 2 is 1.69 bits per heavy atom. The van der Waals surface area contributed by atoms with Crippen molar-refractivity contribution in [2.24, 2.45) is 5.18 Å². The number of fused-ring (bicyclic) bond motifs is 1. The summed E-state index contributed by atoms with van der Waals surface area (Å²) in [6.45, 7) is 0. The minimum absolute atomic E-state index is 0.139. The van der Waals surface area contributed by atoms with Crippen LogP contribution in [0.3, 0.4) is 0 Å². The number of rotatable bonds is 2. The summed E-state index contributed by atoms with van der Waals surface area (Å²) in [5.74, 6) is 0. The molecule has 0 aliphatic carbocycles. The highest BCUT2D eigenvalue weighted by molar-refractivity contribution is 7.91. The molecule has 2 aromatic rings. The molecule has 0 atom stereocenters. The van der Waals surface area contributed by atoms with Crippen LogP contribution in [0.25, 0.3) is 10.8 Å². The van der Waals surface area contributed by atoms with Gasteiger partial charge in [0.15, 0.2) is 9.84 Å². The van der Waals surface area contributed by atoms with E-state index in [1.54, 1.807) is 24.3 Å². The molecule has 0 aromatic heterocycles. The van der Waals surface area contributed by atoms with Gasteiger partial charge >= 0.3 is 0 Å². The number of sulfone groups is 1. The minimum Gasteiger partial charge on any atom is -0.224 e. The van der Waals surface area contributed by atoms with Gasteiger partial charge in [-0.3, -0.25) is 0 Å². The molecule has 0 unspecified atom stereocenters. The Balaban J connectivity index is 3.01. The predicted octanol–water partition coefficient (Wildman–Crippen LogP) is 2.64. The lowest BCUT2D eigenvalue weighted by molar-refractivity contribution is 0.602. The topological polar surface area (TPSA) is 63.6 Å². The van der Waals surface area contributed by atoms with Gasteiger partial charge < -0.3 is 0 Å². The van der Waals surface area contributed by atoms with Crippen LogP contribution >= 0.6 is 0 Å². The average molecular weight is 235 g/mol. The van der Waals surface area contributed by atoms with Gasteiger partial charge in [-0.1, -0.05) is 24.3 Å². The van der Waals surface area contributed by atoms with Gasteiger partial charge in [0.2, 0.25) is 0 Å². The Kier molecular flexibility index (Phi) is 2.47. The molecule has 0 heterocycles. The Bertz CT molecular complexity index is 657. The van der Waals surface area contributed by atoms with Crippen LogP contribution in [-0.4, -0.2) is 14.7 Å². The molecule has 4 nitrogen and oxygen atoms in total. The maximum Gasteiger partial charge on any atom is 0.176 e. The van der Waals surface area contributed by atoms with Gasteiger partial charge in [0.05, 0.1) is 4.90 Å². The van der Waals surface area contributed by atoms with Crippen molar-refractivity contribution in [2.75, 3.05) is 6.26 Å². The van der Waals surface area contributed by atoms with Crippen LogP contribution in [0.1, 0.15) is 0 Å². The fourth-order valence-corrected chi connectivity index (χ4v) is 2.59. The van der Waals surface area contributed by atoms with Gasteiger partial charge in [-0.2, -0.15) is 0 Å². The summed E-state index contributed by atoms with van der Waals surface area (Å²) >= 11 is 0. The van der Waals surface area contributed by atoms with E-state index in [-0.39, 0.29) is 10.6 Å². The zero-order valence-corrected chi connectivity index (χ0v) is 9.36. The monoisotopic (exact) mass is 235 g/mol. The molecule has 0 saturated heterocycles. The summed E-state index contributed by atoms with van der Waals surface area (Å²) in [4.78, 5) is 10.8. The molecule has 16 heavy (non-hydrogen) atoms. The Morgan fingerprint density at radius 3 is 2.25 bits per heavy atom. The third-order valence-corrected chi connectivity index (χ3v) is 3.48. The molecule has 82 valence electrons. The van der Waals surface area contributed by atoms with Crippen molar-refractivity contribution < 1.29 is 8.42 Å². The Labute approximate surface area is 92.8 Å². The fourth-order valence-electron chi connectivity index (χ4n) is 1.67. The smallest absolute Gasteiger partial charge is 0.176 e. The van der Waals surface area contributed by atoms with E-state index in [1.807, 2.05) is 0 Å². The first kappa shape index (κ1) is 10.8. The summed E-state index contributed by atoms with van der Waals surface area (Å²) in [5.41, 5.74) is 0.151. The average Bonchev–Trinajstić information content (AvgIpc) is 2.26. The van der Waals surface area contributed by atoms with Gasteiger partial charge in [0, 0.05) is 11.6 Å². The molecule has 0 bridgehead atoms. The van der Waals surface area contributed by atoms with Gasteiger partial charge in [-0.05, 0) is 22.7 Å². The van der Waals surface area contributed by atoms with E-state index in [2.05, 4.69) is 5.18 Å². The second-order valence-corrected chi connectivity index (χ2v) is 5.48. The Hall–Kier alpha value is -1.75. The molecule has 0 spiro atoms. The summed E-state index contributed by atoms with van der Waals surface area (Å²) in [7, 11) is -3.36. The predicted molar refractivity (Wildman–Crippen MR) is 62.5 cm³/mol. The lowest BCUT2D eigenvalue weighted by Crippen LogP contribution is -1.97. The summed E-state index contributed by atoms with van der Waals surface area (Å²) in [6.07, 6.45) is 1.11. The van der Waals surface area contributed by atoms with Gasteiger partial charge in [0.1, 0.15) is 5.69 Å². The molecule has 0 aliphatic heterocycles. The standard InChI is InChI=1S/C11H9NO3S/c1-16(14,15)10-7-3-5-8-4-2-6-9(12-13)11(8)10/h2-7H,1H3. The normalized spacial score (nSPS) is 11.6. The Morgan fingerprint density at radius 1 is 1.06 bits per heavy atom. The lowest BCUT2D eigenvalue weighted by atomic mass is 10.1. The maximum atomic E-state index is 11.6. The van der Waals surface area contributed by atoms with Crippen molar-refractivity contribution >= 4 is 26.3 Å². The first-order chi connectivity index (χ1) is 7.54. The van der Waals surface area contributed by atoms with Crippen molar-refractivity contribution in [3.8, 4) is 0 Å². The van der Waals surface area contributed by atoms with E-state index in [4.69, 9.17) is 0 Å². The van der Waals surface area contributed by atoms with Crippen LogP contribution in [0.15, 0.2) is 46.5 Å². The molecule has 0 amide bonds. The van der Waals surface area contributed by atoms with Crippen LogP contribution in [0, 0.1) is 4.91 Å². The molecule has 0 saturated carbocycles. The van der Waals surface area contributed by atoms with E-state index in [9.17, 15) is 13.3 Å². The number of nitroso groups, excluding NO2 is 1. The van der Waals surface area contributed by atoms with E-state index >= 15 is 0 Å². The van der Waals surface area contributed by atoms with E-state index < -0.39 is 9.84 Å². The second kappa shape index (κ2) is 3.68.